The van der Waals surface area contributed by atoms with Crippen LogP contribution < -0.4 is 5.32 Å². The van der Waals surface area contributed by atoms with Crippen LogP contribution in [0.3, 0.4) is 0 Å². The number of aryl methyl sites for hydroxylation is 1. The molecule has 2 heterocycles. The lowest BCUT2D eigenvalue weighted by molar-refractivity contribution is 0.767. The second-order valence-electron chi connectivity index (χ2n) is 4.33. The lowest BCUT2D eigenvalue weighted by Crippen LogP contribution is -2.05. The average molecular weight is 333 g/mol. The van der Waals surface area contributed by atoms with E-state index in [1.54, 1.807) is 4.68 Å². The van der Waals surface area contributed by atoms with E-state index < -0.39 is 0 Å². The van der Waals surface area contributed by atoms with Crippen LogP contribution in [0.25, 0.3) is 5.69 Å². The van der Waals surface area contributed by atoms with Crippen LogP contribution in [-0.2, 0) is 13.6 Å². The molecule has 1 aromatic carbocycles. The third kappa shape index (κ3) is 2.72. The number of nitrogens with one attached hydrogen (secondary N) is 1. The summed E-state index contributed by atoms with van der Waals surface area (Å²) in [5.74, 6) is 0.737. The molecule has 3 aromatic rings. The topological polar surface area (TPSA) is 60.6 Å². The number of hydrogen-bond donors (Lipinski definition) is 1. The summed E-state index contributed by atoms with van der Waals surface area (Å²) in [6.45, 7) is 0.656. The molecular weight excluding hydrogens is 320 g/mol. The van der Waals surface area contributed by atoms with Gasteiger partial charge in [-0.1, -0.05) is 15.9 Å². The number of anilines is 1. The molecule has 0 bridgehead atoms. The van der Waals surface area contributed by atoms with Gasteiger partial charge in [0.2, 0.25) is 5.95 Å². The molecule has 0 unspecified atom stereocenters. The number of rotatable bonds is 4. The van der Waals surface area contributed by atoms with Gasteiger partial charge in [-0.25, -0.2) is 9.36 Å². The van der Waals surface area contributed by atoms with Crippen LogP contribution in [0, 0.1) is 0 Å². The Morgan fingerprint density at radius 3 is 2.70 bits per heavy atom. The summed E-state index contributed by atoms with van der Waals surface area (Å²) in [4.78, 5) is 4.11. The highest BCUT2D eigenvalue weighted by atomic mass is 79.9. The second kappa shape index (κ2) is 5.46. The summed E-state index contributed by atoms with van der Waals surface area (Å²) in [6, 6.07) is 8.01. The summed E-state index contributed by atoms with van der Waals surface area (Å²) in [5, 5.41) is 11.6. The van der Waals surface area contributed by atoms with Crippen molar-refractivity contribution in [2.24, 2.45) is 7.05 Å². The molecule has 0 atom stereocenters. The highest BCUT2D eigenvalue weighted by molar-refractivity contribution is 9.10. The number of aromatic nitrogens is 5. The van der Waals surface area contributed by atoms with Crippen molar-refractivity contribution in [2.45, 2.75) is 6.54 Å². The fraction of sp³-hybridized carbons (Fsp3) is 0.154. The Bertz CT molecular complexity index is 700. The third-order valence-corrected chi connectivity index (χ3v) is 3.42. The second-order valence-corrected chi connectivity index (χ2v) is 5.25. The van der Waals surface area contributed by atoms with Gasteiger partial charge in [0.25, 0.3) is 0 Å². The maximum absolute atomic E-state index is 4.36. The molecule has 0 radical (unpaired) electrons. The van der Waals surface area contributed by atoms with E-state index in [-0.39, 0.29) is 0 Å². The zero-order chi connectivity index (χ0) is 13.9. The van der Waals surface area contributed by atoms with Gasteiger partial charge in [0.15, 0.2) is 0 Å². The SMILES string of the molecule is Cn1ncnc1NCc1cnn(-c2ccc(Br)cc2)c1. The first-order valence-corrected chi connectivity index (χ1v) is 6.89. The Balaban J connectivity index is 1.71. The Hall–Kier alpha value is -2.15. The van der Waals surface area contributed by atoms with Gasteiger partial charge in [-0.05, 0) is 24.3 Å². The van der Waals surface area contributed by atoms with Crippen molar-refractivity contribution in [3.63, 3.8) is 0 Å². The number of halogens is 1. The first kappa shape index (κ1) is 12.9. The predicted molar refractivity (Wildman–Crippen MR) is 79.6 cm³/mol. The van der Waals surface area contributed by atoms with Crippen molar-refractivity contribution < 1.29 is 0 Å². The molecular formula is C13H13BrN6. The van der Waals surface area contributed by atoms with Gasteiger partial charge in [0, 0.05) is 29.8 Å². The quantitative estimate of drug-likeness (QED) is 0.796. The van der Waals surface area contributed by atoms with Gasteiger partial charge in [0.1, 0.15) is 6.33 Å². The number of benzene rings is 1. The first-order valence-electron chi connectivity index (χ1n) is 6.10. The molecule has 3 rings (SSSR count). The van der Waals surface area contributed by atoms with Gasteiger partial charge in [-0.2, -0.15) is 15.2 Å². The van der Waals surface area contributed by atoms with Crippen LogP contribution in [0.2, 0.25) is 0 Å². The molecule has 6 nitrogen and oxygen atoms in total. The Labute approximate surface area is 124 Å². The Kier molecular flexibility index (Phi) is 3.51. The van der Waals surface area contributed by atoms with Crippen LogP contribution in [0.4, 0.5) is 5.95 Å². The van der Waals surface area contributed by atoms with Gasteiger partial charge in [-0.15, -0.1) is 0 Å². The monoisotopic (exact) mass is 332 g/mol. The molecule has 0 saturated carbocycles. The number of hydrogen-bond acceptors (Lipinski definition) is 4. The minimum absolute atomic E-state index is 0.656. The van der Waals surface area contributed by atoms with Crippen LogP contribution in [0.5, 0.6) is 0 Å². The van der Waals surface area contributed by atoms with E-state index in [2.05, 4.69) is 36.4 Å². The third-order valence-electron chi connectivity index (χ3n) is 2.89. The summed E-state index contributed by atoms with van der Waals surface area (Å²) in [6.07, 6.45) is 5.35. The minimum atomic E-state index is 0.656. The lowest BCUT2D eigenvalue weighted by atomic mass is 10.3. The van der Waals surface area contributed by atoms with Gasteiger partial charge < -0.3 is 5.32 Å². The largest absolute Gasteiger partial charge is 0.350 e. The molecule has 102 valence electrons. The van der Waals surface area contributed by atoms with Gasteiger partial charge in [-0.3, -0.25) is 0 Å². The summed E-state index contributed by atoms with van der Waals surface area (Å²) < 4.78 is 4.59. The van der Waals surface area contributed by atoms with Crippen LogP contribution in [0.1, 0.15) is 5.56 Å². The van der Waals surface area contributed by atoms with Crippen molar-refractivity contribution in [3.05, 3.63) is 53.0 Å². The summed E-state index contributed by atoms with van der Waals surface area (Å²) >= 11 is 3.42. The van der Waals surface area contributed by atoms with Crippen molar-refractivity contribution in [2.75, 3.05) is 5.32 Å². The number of nitrogens with zero attached hydrogens (tertiary/aromatic N) is 5. The Morgan fingerprint density at radius 1 is 1.20 bits per heavy atom. The maximum atomic E-state index is 4.36. The molecule has 20 heavy (non-hydrogen) atoms. The highest BCUT2D eigenvalue weighted by Crippen LogP contribution is 2.14. The molecule has 0 fully saturated rings. The first-order chi connectivity index (χ1) is 9.72. The van der Waals surface area contributed by atoms with E-state index in [0.29, 0.717) is 6.54 Å². The molecule has 0 aliphatic carbocycles. The predicted octanol–water partition coefficient (Wildman–Crippen LogP) is 2.38. The van der Waals surface area contributed by atoms with E-state index in [1.807, 2.05) is 48.4 Å². The van der Waals surface area contributed by atoms with E-state index in [1.165, 1.54) is 6.33 Å². The summed E-state index contributed by atoms with van der Waals surface area (Å²) in [5.41, 5.74) is 2.11. The molecule has 0 aliphatic rings. The average Bonchev–Trinajstić information content (AvgIpc) is 3.06. The standard InChI is InChI=1S/C13H13BrN6/c1-19-13(16-9-18-19)15-6-10-7-17-20(8-10)12-4-2-11(14)3-5-12/h2-5,7-9H,6H2,1H3,(H,15,16,18). The van der Waals surface area contributed by atoms with Gasteiger partial charge in [0.05, 0.1) is 11.9 Å². The Morgan fingerprint density at radius 2 is 2.00 bits per heavy atom. The molecule has 0 spiro atoms. The van der Waals surface area contributed by atoms with Gasteiger partial charge >= 0.3 is 0 Å². The minimum Gasteiger partial charge on any atom is -0.350 e. The van der Waals surface area contributed by atoms with Crippen molar-refractivity contribution in [1.29, 1.82) is 0 Å². The fourth-order valence-electron chi connectivity index (χ4n) is 1.82. The molecule has 0 aliphatic heterocycles. The van der Waals surface area contributed by atoms with E-state index in [9.17, 15) is 0 Å². The van der Waals surface area contributed by atoms with Crippen LogP contribution in [0.15, 0.2) is 47.5 Å². The molecule has 0 saturated heterocycles. The molecule has 1 N–H and O–H groups in total. The molecule has 7 heteroatoms. The highest BCUT2D eigenvalue weighted by Gasteiger charge is 2.03. The van der Waals surface area contributed by atoms with E-state index in [0.717, 1.165) is 21.7 Å². The molecule has 2 aromatic heterocycles. The molecule has 0 amide bonds. The van der Waals surface area contributed by atoms with Crippen molar-refractivity contribution in [1.82, 2.24) is 24.5 Å². The maximum Gasteiger partial charge on any atom is 0.221 e. The van der Waals surface area contributed by atoms with Crippen LogP contribution >= 0.6 is 15.9 Å². The van der Waals surface area contributed by atoms with Crippen molar-refractivity contribution >= 4 is 21.9 Å². The smallest absolute Gasteiger partial charge is 0.221 e. The van der Waals surface area contributed by atoms with E-state index >= 15 is 0 Å². The van der Waals surface area contributed by atoms with Crippen LogP contribution in [-0.4, -0.2) is 24.5 Å². The zero-order valence-corrected chi connectivity index (χ0v) is 12.4. The fourth-order valence-corrected chi connectivity index (χ4v) is 2.09. The summed E-state index contributed by atoms with van der Waals surface area (Å²) in [7, 11) is 1.85. The van der Waals surface area contributed by atoms with E-state index in [4.69, 9.17) is 0 Å². The van der Waals surface area contributed by atoms with Crippen molar-refractivity contribution in [3.8, 4) is 5.69 Å². The normalized spacial score (nSPS) is 10.7. The zero-order valence-electron chi connectivity index (χ0n) is 10.9. The lowest BCUT2D eigenvalue weighted by Gasteiger charge is -2.02.